The molecule has 4 aliphatic heterocycles. The van der Waals surface area contributed by atoms with Gasteiger partial charge in [-0.3, -0.25) is 14.5 Å². The van der Waals surface area contributed by atoms with E-state index < -0.39 is 24.6 Å². The van der Waals surface area contributed by atoms with Crippen LogP contribution >= 0.6 is 0 Å². The van der Waals surface area contributed by atoms with Gasteiger partial charge in [0, 0.05) is 18.7 Å². The normalized spacial score (nSPS) is 32.4. The molecule has 0 radical (unpaired) electrons. The SMILES string of the molecule is O=C(O)C1=C(C=C2CCN(CC(F)(F)F)C2=O)CC2CNC3C(=O)N1[C@H]23. The second-order valence-electron chi connectivity index (χ2n) is 6.99. The molecule has 26 heavy (non-hydrogen) atoms. The summed E-state index contributed by atoms with van der Waals surface area (Å²) in [5.41, 5.74) is 0.314. The smallest absolute Gasteiger partial charge is 0.406 e. The summed E-state index contributed by atoms with van der Waals surface area (Å²) in [6.07, 6.45) is -2.62. The molecule has 2 amide bonds. The zero-order chi connectivity index (χ0) is 18.8. The zero-order valence-electron chi connectivity index (χ0n) is 13.5. The lowest BCUT2D eigenvalue weighted by Gasteiger charge is -2.48. The van der Waals surface area contributed by atoms with E-state index in [0.29, 0.717) is 23.4 Å². The third-order valence-corrected chi connectivity index (χ3v) is 5.39. The maximum absolute atomic E-state index is 12.5. The van der Waals surface area contributed by atoms with Crippen molar-refractivity contribution in [3.05, 3.63) is 22.9 Å². The first-order valence-electron chi connectivity index (χ1n) is 8.27. The van der Waals surface area contributed by atoms with E-state index in [1.54, 1.807) is 0 Å². The molecule has 10 heteroatoms. The molecule has 0 aromatic rings. The van der Waals surface area contributed by atoms with Crippen molar-refractivity contribution in [2.45, 2.75) is 31.1 Å². The molecule has 3 saturated heterocycles. The van der Waals surface area contributed by atoms with Crippen LogP contribution in [0.15, 0.2) is 22.9 Å². The number of rotatable bonds is 3. The van der Waals surface area contributed by atoms with Gasteiger partial charge in [-0.1, -0.05) is 0 Å². The van der Waals surface area contributed by atoms with Crippen molar-refractivity contribution in [2.24, 2.45) is 5.92 Å². The minimum absolute atomic E-state index is 0.0374. The molecule has 3 fully saturated rings. The molecule has 2 N–H and O–H groups in total. The summed E-state index contributed by atoms with van der Waals surface area (Å²) in [7, 11) is 0. The van der Waals surface area contributed by atoms with Gasteiger partial charge in [0.25, 0.3) is 0 Å². The molecule has 4 rings (SSSR count). The third-order valence-electron chi connectivity index (χ3n) is 5.39. The number of β-lactam (4-membered cyclic amide) rings is 1. The fourth-order valence-electron chi connectivity index (χ4n) is 4.33. The molecule has 0 aliphatic carbocycles. The van der Waals surface area contributed by atoms with Gasteiger partial charge in [0.05, 0.1) is 6.04 Å². The van der Waals surface area contributed by atoms with Gasteiger partial charge in [0.1, 0.15) is 18.3 Å². The first-order valence-corrected chi connectivity index (χ1v) is 8.27. The monoisotopic (exact) mass is 371 g/mol. The molecule has 2 unspecified atom stereocenters. The molecule has 4 aliphatic rings. The van der Waals surface area contributed by atoms with Gasteiger partial charge >= 0.3 is 12.1 Å². The lowest BCUT2D eigenvalue weighted by molar-refractivity contribution is -0.156. The highest BCUT2D eigenvalue weighted by atomic mass is 19.4. The summed E-state index contributed by atoms with van der Waals surface area (Å²) < 4.78 is 37.6. The Kier molecular flexibility index (Phi) is 3.66. The van der Waals surface area contributed by atoms with Gasteiger partial charge in [-0.25, -0.2) is 4.79 Å². The summed E-state index contributed by atoms with van der Waals surface area (Å²) in [6, 6.07) is -0.560. The number of carbonyl (C=O) groups excluding carboxylic acids is 2. The van der Waals surface area contributed by atoms with E-state index in [2.05, 4.69) is 5.32 Å². The van der Waals surface area contributed by atoms with Gasteiger partial charge in [-0.05, 0) is 30.4 Å². The van der Waals surface area contributed by atoms with Crippen LogP contribution in [0.1, 0.15) is 12.8 Å². The molecular formula is C16H16F3N3O4. The van der Waals surface area contributed by atoms with E-state index in [4.69, 9.17) is 0 Å². The summed E-state index contributed by atoms with van der Waals surface area (Å²) in [6.45, 7) is -0.821. The summed E-state index contributed by atoms with van der Waals surface area (Å²) >= 11 is 0. The van der Waals surface area contributed by atoms with Gasteiger partial charge < -0.3 is 15.3 Å². The predicted octanol–water partition coefficient (Wildman–Crippen LogP) is 0.249. The molecular weight excluding hydrogens is 355 g/mol. The van der Waals surface area contributed by atoms with Crippen LogP contribution in [0.5, 0.6) is 0 Å². The Morgan fingerprint density at radius 2 is 2.08 bits per heavy atom. The fourth-order valence-corrected chi connectivity index (χ4v) is 4.33. The molecule has 0 bridgehead atoms. The Hall–Kier alpha value is -2.36. The largest absolute Gasteiger partial charge is 0.477 e. The van der Waals surface area contributed by atoms with Crippen LogP contribution in [0.4, 0.5) is 13.2 Å². The number of carboxylic acid groups (broad SMARTS) is 1. The number of carbonyl (C=O) groups is 3. The number of aliphatic carboxylic acids is 1. The standard InChI is InChI=1S/C16H16F3N3O4/c17-16(18,19)6-21-2-1-7(13(21)23)3-8-4-9-5-20-10-11(9)22(14(10)24)12(8)15(25)26/h3,9-11,20H,1-2,4-6H2,(H,25,26)/t9?,10?,11-/m1/s1. The Morgan fingerprint density at radius 3 is 2.73 bits per heavy atom. The van der Waals surface area contributed by atoms with Crippen LogP contribution in [-0.2, 0) is 14.4 Å². The van der Waals surface area contributed by atoms with Crippen molar-refractivity contribution in [3.8, 4) is 0 Å². The quantitative estimate of drug-likeness (QED) is 0.548. The summed E-state index contributed by atoms with van der Waals surface area (Å²) in [5.74, 6) is -2.29. The highest BCUT2D eigenvalue weighted by Crippen LogP contribution is 2.44. The van der Waals surface area contributed by atoms with E-state index in [1.165, 1.54) is 11.0 Å². The van der Waals surface area contributed by atoms with Crippen molar-refractivity contribution < 1.29 is 32.7 Å². The van der Waals surface area contributed by atoms with Gasteiger partial charge in [-0.15, -0.1) is 0 Å². The van der Waals surface area contributed by atoms with Crippen LogP contribution in [0, 0.1) is 5.92 Å². The van der Waals surface area contributed by atoms with Crippen molar-refractivity contribution in [3.63, 3.8) is 0 Å². The van der Waals surface area contributed by atoms with Gasteiger partial charge in [0.15, 0.2) is 0 Å². The second kappa shape index (κ2) is 5.57. The van der Waals surface area contributed by atoms with Gasteiger partial charge in [-0.2, -0.15) is 13.2 Å². The van der Waals surface area contributed by atoms with Crippen molar-refractivity contribution in [1.29, 1.82) is 0 Å². The number of carboxylic acids is 1. The summed E-state index contributed by atoms with van der Waals surface area (Å²) in [4.78, 5) is 38.0. The van der Waals surface area contributed by atoms with E-state index in [0.717, 1.165) is 0 Å². The maximum Gasteiger partial charge on any atom is 0.406 e. The number of nitrogens with zero attached hydrogens (tertiary/aromatic N) is 2. The first-order chi connectivity index (χ1) is 12.2. The minimum Gasteiger partial charge on any atom is -0.477 e. The fraction of sp³-hybridized carbons (Fsp3) is 0.562. The number of nitrogens with one attached hydrogen (secondary N) is 1. The first kappa shape index (κ1) is 17.1. The number of alkyl halides is 3. The lowest BCUT2D eigenvalue weighted by Crippen LogP contribution is -2.68. The van der Waals surface area contributed by atoms with E-state index in [-0.39, 0.29) is 48.1 Å². The Bertz CT molecular complexity index is 773. The van der Waals surface area contributed by atoms with Crippen molar-refractivity contribution >= 4 is 17.8 Å². The van der Waals surface area contributed by atoms with Crippen molar-refractivity contribution in [1.82, 2.24) is 15.1 Å². The number of amides is 2. The predicted molar refractivity (Wildman–Crippen MR) is 80.5 cm³/mol. The number of halogens is 3. The topological polar surface area (TPSA) is 90.0 Å². The van der Waals surface area contributed by atoms with E-state index in [9.17, 15) is 32.7 Å². The Balaban J connectivity index is 1.65. The zero-order valence-corrected chi connectivity index (χ0v) is 13.5. The van der Waals surface area contributed by atoms with Gasteiger partial charge in [0.2, 0.25) is 11.8 Å². The van der Waals surface area contributed by atoms with Crippen LogP contribution in [0.3, 0.4) is 0 Å². The van der Waals surface area contributed by atoms with Crippen LogP contribution in [0.2, 0.25) is 0 Å². The molecule has 140 valence electrons. The molecule has 4 heterocycles. The number of hydrogen-bond donors (Lipinski definition) is 2. The second-order valence-corrected chi connectivity index (χ2v) is 6.99. The van der Waals surface area contributed by atoms with Crippen LogP contribution in [0.25, 0.3) is 0 Å². The average molecular weight is 371 g/mol. The molecule has 3 atom stereocenters. The van der Waals surface area contributed by atoms with Crippen molar-refractivity contribution in [2.75, 3.05) is 19.6 Å². The third kappa shape index (κ3) is 2.51. The Labute approximate surface area is 146 Å². The van der Waals surface area contributed by atoms with Crippen LogP contribution in [-0.4, -0.2) is 70.6 Å². The highest BCUT2D eigenvalue weighted by Gasteiger charge is 2.59. The number of allylic oxidation sites excluding steroid dienone is 2. The molecule has 0 aromatic heterocycles. The number of hydrogen-bond acceptors (Lipinski definition) is 4. The highest BCUT2D eigenvalue weighted by molar-refractivity contribution is 6.02. The molecule has 7 nitrogen and oxygen atoms in total. The lowest BCUT2D eigenvalue weighted by atomic mass is 9.79. The van der Waals surface area contributed by atoms with E-state index >= 15 is 0 Å². The number of likely N-dealkylation sites (tertiary alicyclic amines) is 1. The minimum atomic E-state index is -4.48. The Morgan fingerprint density at radius 1 is 1.35 bits per heavy atom. The molecule has 0 aromatic carbocycles. The summed E-state index contributed by atoms with van der Waals surface area (Å²) in [5, 5.41) is 12.6. The molecule has 0 saturated carbocycles. The van der Waals surface area contributed by atoms with Crippen LogP contribution < -0.4 is 5.32 Å². The van der Waals surface area contributed by atoms with E-state index in [1.807, 2.05) is 0 Å². The average Bonchev–Trinajstić information content (AvgIpc) is 3.08. The maximum atomic E-state index is 12.5. The molecule has 0 spiro atoms.